The minimum atomic E-state index is -3.33. The Hall–Kier alpha value is -2.31. The molecule has 1 amide bonds. The maximum Gasteiger partial charge on any atom is 0.234 e. The zero-order chi connectivity index (χ0) is 20.3. The molecule has 0 saturated heterocycles. The summed E-state index contributed by atoms with van der Waals surface area (Å²) in [7, 11) is -3.33. The molecule has 1 saturated carbocycles. The van der Waals surface area contributed by atoms with Gasteiger partial charge in [0.2, 0.25) is 5.91 Å². The molecule has 1 N–H and O–H groups in total. The molecule has 0 radical (unpaired) electrons. The largest absolute Gasteiger partial charge is 0.325 e. The van der Waals surface area contributed by atoms with Crippen molar-refractivity contribution in [2.45, 2.75) is 40.7 Å². The Bertz CT molecular complexity index is 1140. The van der Waals surface area contributed by atoms with Gasteiger partial charge in [-0.05, 0) is 53.9 Å². The lowest BCUT2D eigenvalue weighted by molar-refractivity contribution is -0.113. The van der Waals surface area contributed by atoms with Gasteiger partial charge in [-0.3, -0.25) is 4.79 Å². The Labute approximate surface area is 175 Å². The number of carbonyl (C=O) groups excluding carboxylic acids is 1. The van der Waals surface area contributed by atoms with Crippen LogP contribution in [0.4, 0.5) is 5.69 Å². The Kier molecular flexibility index (Phi) is 5.92. The van der Waals surface area contributed by atoms with Crippen molar-refractivity contribution in [2.24, 2.45) is 0 Å². The van der Waals surface area contributed by atoms with Crippen molar-refractivity contribution >= 4 is 44.0 Å². The number of nitrogens with one attached hydrogen (secondary N) is 1. The summed E-state index contributed by atoms with van der Waals surface area (Å²) in [6.45, 7) is 0. The average Bonchev–Trinajstić information content (AvgIpc) is 3.28. The van der Waals surface area contributed by atoms with Crippen molar-refractivity contribution < 1.29 is 13.2 Å². The second-order valence-corrected chi connectivity index (χ2v) is 10.6. The van der Waals surface area contributed by atoms with E-state index in [0.29, 0.717) is 10.6 Å². The van der Waals surface area contributed by atoms with Gasteiger partial charge in [0.1, 0.15) is 0 Å². The van der Waals surface area contributed by atoms with Crippen LogP contribution < -0.4 is 5.32 Å². The standard InChI is InChI=1S/C23H23NO3S2/c25-23(16-28-20-13-12-17-6-1-2-7-18(17)14-20)24-19-8-5-11-22(15-19)29(26,27)21-9-3-4-10-21/h1-2,5-8,11-15,21H,3-4,9-10,16H2,(H,24,25). The van der Waals surface area contributed by atoms with Crippen molar-refractivity contribution in [2.75, 3.05) is 11.1 Å². The highest BCUT2D eigenvalue weighted by molar-refractivity contribution is 8.00. The van der Waals surface area contributed by atoms with Gasteiger partial charge >= 0.3 is 0 Å². The number of sulfone groups is 1. The van der Waals surface area contributed by atoms with Crippen molar-refractivity contribution in [3.63, 3.8) is 0 Å². The van der Waals surface area contributed by atoms with E-state index in [4.69, 9.17) is 0 Å². The molecule has 0 spiro atoms. The van der Waals surface area contributed by atoms with Gasteiger partial charge in [0, 0.05) is 10.6 Å². The number of rotatable bonds is 6. The van der Waals surface area contributed by atoms with Crippen LogP contribution in [0.15, 0.2) is 76.5 Å². The lowest BCUT2D eigenvalue weighted by atomic mass is 10.1. The molecule has 3 aromatic carbocycles. The second-order valence-electron chi connectivity index (χ2n) is 7.33. The van der Waals surface area contributed by atoms with E-state index in [-0.39, 0.29) is 16.9 Å². The summed E-state index contributed by atoms with van der Waals surface area (Å²) in [5.41, 5.74) is 0.521. The van der Waals surface area contributed by atoms with Crippen molar-refractivity contribution in [3.8, 4) is 0 Å². The summed E-state index contributed by atoms with van der Waals surface area (Å²) in [6.07, 6.45) is 3.38. The molecule has 150 valence electrons. The molecule has 4 rings (SSSR count). The lowest BCUT2D eigenvalue weighted by Crippen LogP contribution is -2.18. The van der Waals surface area contributed by atoms with E-state index >= 15 is 0 Å². The van der Waals surface area contributed by atoms with Crippen LogP contribution in [0.3, 0.4) is 0 Å². The van der Waals surface area contributed by atoms with Gasteiger partial charge in [-0.1, -0.05) is 49.2 Å². The van der Waals surface area contributed by atoms with Crippen LogP contribution in [0.1, 0.15) is 25.7 Å². The summed E-state index contributed by atoms with van der Waals surface area (Å²) in [4.78, 5) is 13.7. The normalized spacial score (nSPS) is 14.9. The average molecular weight is 426 g/mol. The van der Waals surface area contributed by atoms with Crippen molar-refractivity contribution in [1.29, 1.82) is 0 Å². The molecular weight excluding hydrogens is 402 g/mol. The maximum absolute atomic E-state index is 12.8. The van der Waals surface area contributed by atoms with Crippen LogP contribution in [0.25, 0.3) is 10.8 Å². The molecule has 3 aromatic rings. The molecule has 0 atom stereocenters. The molecule has 1 aliphatic carbocycles. The fourth-order valence-electron chi connectivity index (χ4n) is 3.75. The van der Waals surface area contributed by atoms with Crippen molar-refractivity contribution in [3.05, 3.63) is 66.7 Å². The SMILES string of the molecule is O=C(CSc1ccc2ccccc2c1)Nc1cccc(S(=O)(=O)C2CCCC2)c1. The first kappa shape index (κ1) is 20.0. The first-order valence-corrected chi connectivity index (χ1v) is 12.3. The number of fused-ring (bicyclic) bond motifs is 1. The number of hydrogen-bond donors (Lipinski definition) is 1. The Morgan fingerprint density at radius 2 is 1.69 bits per heavy atom. The maximum atomic E-state index is 12.8. The predicted molar refractivity (Wildman–Crippen MR) is 119 cm³/mol. The molecular formula is C23H23NO3S2. The van der Waals surface area contributed by atoms with E-state index in [0.717, 1.165) is 36.0 Å². The molecule has 0 aliphatic heterocycles. The van der Waals surface area contributed by atoms with Crippen LogP contribution in [0.5, 0.6) is 0 Å². The summed E-state index contributed by atoms with van der Waals surface area (Å²) in [5, 5.41) is 4.84. The van der Waals surface area contributed by atoms with Gasteiger partial charge < -0.3 is 5.32 Å². The van der Waals surface area contributed by atoms with Gasteiger partial charge in [-0.25, -0.2) is 8.42 Å². The van der Waals surface area contributed by atoms with Gasteiger partial charge in [-0.2, -0.15) is 0 Å². The van der Waals surface area contributed by atoms with Crippen LogP contribution in [0, 0.1) is 0 Å². The van der Waals surface area contributed by atoms with Crippen LogP contribution in [-0.2, 0) is 14.6 Å². The molecule has 1 fully saturated rings. The lowest BCUT2D eigenvalue weighted by Gasteiger charge is -2.12. The monoisotopic (exact) mass is 425 g/mol. The van der Waals surface area contributed by atoms with Crippen LogP contribution >= 0.6 is 11.8 Å². The molecule has 4 nitrogen and oxygen atoms in total. The van der Waals surface area contributed by atoms with E-state index in [1.165, 1.54) is 17.1 Å². The minimum Gasteiger partial charge on any atom is -0.325 e. The highest BCUT2D eigenvalue weighted by Gasteiger charge is 2.30. The Balaban J connectivity index is 1.40. The smallest absolute Gasteiger partial charge is 0.234 e. The van der Waals surface area contributed by atoms with Gasteiger partial charge in [0.15, 0.2) is 9.84 Å². The zero-order valence-electron chi connectivity index (χ0n) is 16.0. The van der Waals surface area contributed by atoms with Crippen LogP contribution in [0.2, 0.25) is 0 Å². The number of benzene rings is 3. The van der Waals surface area contributed by atoms with Gasteiger partial charge in [0.25, 0.3) is 0 Å². The fourth-order valence-corrected chi connectivity index (χ4v) is 6.39. The number of thioether (sulfide) groups is 1. The molecule has 1 aliphatic rings. The van der Waals surface area contributed by atoms with E-state index < -0.39 is 9.84 Å². The molecule has 0 unspecified atom stereocenters. The van der Waals surface area contributed by atoms with E-state index in [1.54, 1.807) is 24.3 Å². The third kappa shape index (κ3) is 4.65. The van der Waals surface area contributed by atoms with Gasteiger partial charge in [-0.15, -0.1) is 11.8 Å². The van der Waals surface area contributed by atoms with E-state index in [2.05, 4.69) is 23.5 Å². The Morgan fingerprint density at radius 1 is 0.931 bits per heavy atom. The summed E-state index contributed by atoms with van der Waals surface area (Å²) in [6, 6.07) is 20.8. The van der Waals surface area contributed by atoms with Gasteiger partial charge in [0.05, 0.1) is 15.9 Å². The van der Waals surface area contributed by atoms with Crippen LogP contribution in [-0.4, -0.2) is 25.3 Å². The number of anilines is 1. The number of amides is 1. The third-order valence-electron chi connectivity index (χ3n) is 5.28. The third-order valence-corrected chi connectivity index (χ3v) is 8.53. The zero-order valence-corrected chi connectivity index (χ0v) is 17.6. The molecule has 0 bridgehead atoms. The highest BCUT2D eigenvalue weighted by atomic mass is 32.2. The highest BCUT2D eigenvalue weighted by Crippen LogP contribution is 2.30. The van der Waals surface area contributed by atoms with E-state index in [9.17, 15) is 13.2 Å². The first-order chi connectivity index (χ1) is 14.0. The molecule has 0 heterocycles. The minimum absolute atomic E-state index is 0.154. The number of carbonyl (C=O) groups is 1. The molecule has 6 heteroatoms. The van der Waals surface area contributed by atoms with E-state index in [1.807, 2.05) is 24.3 Å². The molecule has 0 aromatic heterocycles. The predicted octanol–water partition coefficient (Wildman–Crippen LogP) is 5.29. The quantitative estimate of drug-likeness (QED) is 0.545. The first-order valence-electron chi connectivity index (χ1n) is 9.78. The Morgan fingerprint density at radius 3 is 2.48 bits per heavy atom. The summed E-state index contributed by atoms with van der Waals surface area (Å²) < 4.78 is 25.5. The molecule has 29 heavy (non-hydrogen) atoms. The fraction of sp³-hybridized carbons (Fsp3) is 0.261. The summed E-state index contributed by atoms with van der Waals surface area (Å²) in [5.74, 6) is 0.108. The van der Waals surface area contributed by atoms with Crippen molar-refractivity contribution in [1.82, 2.24) is 0 Å². The topological polar surface area (TPSA) is 63.2 Å². The summed E-state index contributed by atoms with van der Waals surface area (Å²) >= 11 is 1.46. The second kappa shape index (κ2) is 8.59. The number of hydrogen-bond acceptors (Lipinski definition) is 4.